The van der Waals surface area contributed by atoms with Crippen molar-refractivity contribution in [2.45, 2.75) is 32.6 Å². The van der Waals surface area contributed by atoms with Crippen molar-refractivity contribution in [3.8, 4) is 0 Å². The molecule has 0 heterocycles. The highest BCUT2D eigenvalue weighted by atomic mass is 16.1. The first-order chi connectivity index (χ1) is 7.76. The minimum atomic E-state index is 0.0673. The molecular weight excluding hydrogens is 200 g/mol. The van der Waals surface area contributed by atoms with Gasteiger partial charge in [-0.15, -0.1) is 0 Å². The lowest BCUT2D eigenvalue weighted by molar-refractivity contribution is -0.116. The van der Waals surface area contributed by atoms with Crippen molar-refractivity contribution in [1.82, 2.24) is 0 Å². The fraction of sp³-hybridized carbons (Fsp3) is 0.462. The molecule has 0 aliphatic rings. The zero-order valence-electron chi connectivity index (χ0n) is 9.83. The molecule has 3 nitrogen and oxygen atoms in total. The van der Waals surface area contributed by atoms with Crippen LogP contribution < -0.4 is 11.1 Å². The number of aryl methyl sites for hydroxylation is 1. The van der Waals surface area contributed by atoms with Crippen LogP contribution in [0.4, 0.5) is 5.69 Å². The van der Waals surface area contributed by atoms with Crippen LogP contribution in [0.3, 0.4) is 0 Å². The molecule has 0 fully saturated rings. The number of nitrogens with one attached hydrogen (secondary N) is 1. The highest BCUT2D eigenvalue weighted by Crippen LogP contribution is 2.10. The normalized spacial score (nSPS) is 10.1. The summed E-state index contributed by atoms with van der Waals surface area (Å²) < 4.78 is 0. The Morgan fingerprint density at radius 2 is 1.94 bits per heavy atom. The Hall–Kier alpha value is -1.35. The van der Waals surface area contributed by atoms with Gasteiger partial charge in [0, 0.05) is 12.1 Å². The van der Waals surface area contributed by atoms with Crippen LogP contribution >= 0.6 is 0 Å². The maximum atomic E-state index is 11.5. The second-order valence-electron chi connectivity index (χ2n) is 3.84. The van der Waals surface area contributed by atoms with Crippen LogP contribution in [0.15, 0.2) is 24.3 Å². The van der Waals surface area contributed by atoms with Gasteiger partial charge in [0.05, 0.1) is 0 Å². The van der Waals surface area contributed by atoms with E-state index < -0.39 is 0 Å². The molecule has 0 spiro atoms. The van der Waals surface area contributed by atoms with Gasteiger partial charge in [0.25, 0.3) is 0 Å². The van der Waals surface area contributed by atoms with E-state index in [1.54, 1.807) is 0 Å². The van der Waals surface area contributed by atoms with Gasteiger partial charge in [-0.3, -0.25) is 4.79 Å². The molecule has 0 saturated carbocycles. The number of benzene rings is 1. The van der Waals surface area contributed by atoms with E-state index in [-0.39, 0.29) is 5.91 Å². The number of amides is 1. The zero-order valence-corrected chi connectivity index (χ0v) is 9.83. The van der Waals surface area contributed by atoms with Crippen molar-refractivity contribution in [3.63, 3.8) is 0 Å². The van der Waals surface area contributed by atoms with Crippen LogP contribution in [-0.4, -0.2) is 12.5 Å². The van der Waals surface area contributed by atoms with Crippen molar-refractivity contribution < 1.29 is 4.79 Å². The average Bonchev–Trinajstić information content (AvgIpc) is 2.30. The molecule has 88 valence electrons. The highest BCUT2D eigenvalue weighted by molar-refractivity contribution is 5.90. The number of unbranched alkanes of at least 4 members (excludes halogenated alkanes) is 1. The van der Waals surface area contributed by atoms with Crippen LogP contribution in [0, 0.1) is 0 Å². The minimum absolute atomic E-state index is 0.0673. The summed E-state index contributed by atoms with van der Waals surface area (Å²) in [5, 5.41) is 2.87. The topological polar surface area (TPSA) is 55.1 Å². The maximum absolute atomic E-state index is 11.5. The molecule has 0 bridgehead atoms. The summed E-state index contributed by atoms with van der Waals surface area (Å²) in [7, 11) is 0. The Balaban J connectivity index is 2.37. The molecule has 0 aliphatic carbocycles. The number of carbonyl (C=O) groups excluding carboxylic acids is 1. The van der Waals surface area contributed by atoms with Gasteiger partial charge in [0.15, 0.2) is 0 Å². The standard InChI is InChI=1S/C13H20N2O/c1-2-11-6-8-12(9-7-11)15-13(16)5-3-4-10-14/h6-9H,2-5,10,14H2,1H3,(H,15,16). The third-order valence-corrected chi connectivity index (χ3v) is 2.50. The first-order valence-corrected chi connectivity index (χ1v) is 5.85. The largest absolute Gasteiger partial charge is 0.330 e. The third-order valence-electron chi connectivity index (χ3n) is 2.50. The summed E-state index contributed by atoms with van der Waals surface area (Å²) in [4.78, 5) is 11.5. The molecule has 0 radical (unpaired) electrons. The maximum Gasteiger partial charge on any atom is 0.224 e. The van der Waals surface area contributed by atoms with E-state index in [1.807, 2.05) is 24.3 Å². The van der Waals surface area contributed by atoms with Gasteiger partial charge in [0.2, 0.25) is 5.91 Å². The average molecular weight is 220 g/mol. The smallest absolute Gasteiger partial charge is 0.224 e. The van der Waals surface area contributed by atoms with Gasteiger partial charge in [0.1, 0.15) is 0 Å². The summed E-state index contributed by atoms with van der Waals surface area (Å²) in [6.07, 6.45) is 3.33. The van der Waals surface area contributed by atoms with Crippen LogP contribution in [0.25, 0.3) is 0 Å². The van der Waals surface area contributed by atoms with Gasteiger partial charge in [-0.25, -0.2) is 0 Å². The summed E-state index contributed by atoms with van der Waals surface area (Å²) in [5.41, 5.74) is 7.52. The molecule has 0 saturated heterocycles. The number of hydrogen-bond donors (Lipinski definition) is 2. The monoisotopic (exact) mass is 220 g/mol. The number of anilines is 1. The fourth-order valence-corrected chi connectivity index (χ4v) is 1.48. The molecule has 0 aromatic heterocycles. The van der Waals surface area contributed by atoms with Crippen LogP contribution in [0.5, 0.6) is 0 Å². The molecule has 1 aromatic carbocycles. The Bertz CT molecular complexity index is 319. The number of rotatable bonds is 6. The lowest BCUT2D eigenvalue weighted by Gasteiger charge is -2.05. The van der Waals surface area contributed by atoms with E-state index in [0.717, 1.165) is 24.9 Å². The predicted octanol–water partition coefficient (Wildman–Crippen LogP) is 2.32. The lowest BCUT2D eigenvalue weighted by atomic mass is 10.1. The van der Waals surface area contributed by atoms with Crippen molar-refractivity contribution in [1.29, 1.82) is 0 Å². The lowest BCUT2D eigenvalue weighted by Crippen LogP contribution is -2.11. The third kappa shape index (κ3) is 4.45. The second-order valence-corrected chi connectivity index (χ2v) is 3.84. The molecule has 0 atom stereocenters. The molecule has 1 aromatic rings. The first-order valence-electron chi connectivity index (χ1n) is 5.85. The Kier molecular flexibility index (Phi) is 5.57. The van der Waals surface area contributed by atoms with Crippen molar-refractivity contribution in [2.75, 3.05) is 11.9 Å². The van der Waals surface area contributed by atoms with Gasteiger partial charge in [-0.05, 0) is 43.5 Å². The van der Waals surface area contributed by atoms with E-state index >= 15 is 0 Å². The van der Waals surface area contributed by atoms with Gasteiger partial charge < -0.3 is 11.1 Å². The molecule has 1 rings (SSSR count). The van der Waals surface area contributed by atoms with Gasteiger partial charge >= 0.3 is 0 Å². The van der Waals surface area contributed by atoms with Crippen molar-refractivity contribution in [2.24, 2.45) is 5.73 Å². The van der Waals surface area contributed by atoms with Crippen LogP contribution in [0.2, 0.25) is 0 Å². The molecule has 0 unspecified atom stereocenters. The summed E-state index contributed by atoms with van der Waals surface area (Å²) in [5.74, 6) is 0.0673. The summed E-state index contributed by atoms with van der Waals surface area (Å²) in [6, 6.07) is 7.96. The van der Waals surface area contributed by atoms with E-state index in [2.05, 4.69) is 12.2 Å². The molecule has 3 heteroatoms. The SMILES string of the molecule is CCc1ccc(NC(=O)CCCCN)cc1. The van der Waals surface area contributed by atoms with Crippen molar-refractivity contribution >= 4 is 11.6 Å². The highest BCUT2D eigenvalue weighted by Gasteiger charge is 2.01. The Morgan fingerprint density at radius 1 is 1.25 bits per heavy atom. The fourth-order valence-electron chi connectivity index (χ4n) is 1.48. The predicted molar refractivity (Wildman–Crippen MR) is 67.4 cm³/mol. The first kappa shape index (κ1) is 12.7. The summed E-state index contributed by atoms with van der Waals surface area (Å²) >= 11 is 0. The van der Waals surface area contributed by atoms with Gasteiger partial charge in [-0.2, -0.15) is 0 Å². The molecule has 3 N–H and O–H groups in total. The number of hydrogen-bond acceptors (Lipinski definition) is 2. The van der Waals surface area contributed by atoms with Crippen molar-refractivity contribution in [3.05, 3.63) is 29.8 Å². The van der Waals surface area contributed by atoms with E-state index in [1.165, 1.54) is 5.56 Å². The molecule has 1 amide bonds. The molecular formula is C13H20N2O. The molecule has 0 aliphatic heterocycles. The van der Waals surface area contributed by atoms with Gasteiger partial charge in [-0.1, -0.05) is 19.1 Å². The zero-order chi connectivity index (χ0) is 11.8. The van der Waals surface area contributed by atoms with E-state index in [0.29, 0.717) is 13.0 Å². The molecule has 16 heavy (non-hydrogen) atoms. The Morgan fingerprint density at radius 3 is 2.50 bits per heavy atom. The van der Waals surface area contributed by atoms with E-state index in [9.17, 15) is 4.79 Å². The number of nitrogens with two attached hydrogens (primary N) is 1. The second kappa shape index (κ2) is 7.01. The van der Waals surface area contributed by atoms with Crippen LogP contribution in [0.1, 0.15) is 31.7 Å². The van der Waals surface area contributed by atoms with Crippen LogP contribution in [-0.2, 0) is 11.2 Å². The quantitative estimate of drug-likeness (QED) is 0.723. The van der Waals surface area contributed by atoms with E-state index in [4.69, 9.17) is 5.73 Å². The Labute approximate surface area is 97.0 Å². The summed E-state index contributed by atoms with van der Waals surface area (Å²) in [6.45, 7) is 2.76. The minimum Gasteiger partial charge on any atom is -0.330 e. The number of carbonyl (C=O) groups is 1.